The first-order valence-corrected chi connectivity index (χ1v) is 0.258. The van der Waals surface area contributed by atoms with E-state index in [1.165, 1.54) is 0 Å². The Morgan fingerprint density at radius 2 is 1.25 bits per heavy atom. The molecule has 0 unspecified atom stereocenters. The second kappa shape index (κ2) is 43.2. The van der Waals surface area contributed by atoms with E-state index in [-0.39, 0.29) is 32.7 Å². The van der Waals surface area contributed by atoms with Crippen LogP contribution in [0.1, 0.15) is 0 Å². The minimum atomic E-state index is 0. The maximum Gasteiger partial charge on any atom is 0 e. The van der Waals surface area contributed by atoms with E-state index in [0.717, 1.165) is 0 Å². The molecule has 0 rings (SSSR count). The number of hydrogen-bond acceptors (Lipinski definition) is 2. The van der Waals surface area contributed by atoms with Crippen molar-refractivity contribution in [3.05, 3.63) is 0 Å². The Morgan fingerprint density at radius 1 is 1.25 bits per heavy atom. The van der Waals surface area contributed by atoms with Gasteiger partial charge in [0, 0.05) is 32.7 Å². The Kier molecular flexibility index (Phi) is 227. The van der Waals surface area contributed by atoms with Crippen LogP contribution in [0, 0.1) is 0 Å². The average Bonchev–Trinajstić information content (AvgIpc) is 1.00. The fraction of sp³-hybridized carbons (Fsp3) is 0. The molecule has 22 valence electrons. The second-order valence-corrected chi connectivity index (χ2v) is 0. The molecule has 0 aromatic heterocycles. The van der Waals surface area contributed by atoms with Gasteiger partial charge in [0.25, 0.3) is 0 Å². The van der Waals surface area contributed by atoms with Crippen molar-refractivity contribution in [1.82, 2.24) is 0 Å². The van der Waals surface area contributed by atoms with Crippen LogP contribution in [-0.2, 0) is 21.7 Å². The third kappa shape index (κ3) is 13.5. The average molecular weight is 109 g/mol. The molecule has 0 aromatic rings. The van der Waals surface area contributed by atoms with Crippen LogP contribution in [0.3, 0.4) is 0 Å². The van der Waals surface area contributed by atoms with E-state index < -0.39 is 0 Å². The van der Waals surface area contributed by atoms with Gasteiger partial charge >= 0.3 is 0 Å². The molecule has 0 aliphatic rings. The van der Waals surface area contributed by atoms with Crippen LogP contribution in [0.4, 0.5) is 0 Å². The molecule has 0 amide bonds. The predicted molar refractivity (Wildman–Crippen MR) is 11.7 cm³/mol. The Bertz CT molecular complexity index is 8.00. The van der Waals surface area contributed by atoms with E-state index in [1.54, 1.807) is 0 Å². The molecule has 0 aromatic carbocycles. The molecule has 4 radical (unpaired) electrons. The van der Waals surface area contributed by atoms with Gasteiger partial charge in [-0.15, -0.1) is 0 Å². The Labute approximate surface area is 44.2 Å². The van der Waals surface area contributed by atoms with Gasteiger partial charge in [-0.1, -0.05) is 0 Å². The molecule has 4 heteroatoms. The molecular formula is H3NOSiTi. The summed E-state index contributed by atoms with van der Waals surface area (Å²) in [5, 5.41) is 6.50. The zero-order chi connectivity index (χ0) is 2.00. The fourth-order valence-electron chi connectivity index (χ4n) is 0. The summed E-state index contributed by atoms with van der Waals surface area (Å²) < 4.78 is 0. The van der Waals surface area contributed by atoms with Crippen LogP contribution in [0.15, 0.2) is 0 Å². The minimum Gasteiger partial charge on any atom is -0.320 e. The maximum absolute atomic E-state index is 6.50. The van der Waals surface area contributed by atoms with Gasteiger partial charge in [0.05, 0.1) is 0 Å². The standard InChI is InChI=1S/H3NO.Si.Ti/c1-2;;/h2H,1H2;;. The van der Waals surface area contributed by atoms with Gasteiger partial charge in [-0.3, -0.25) is 0 Å². The second-order valence-electron chi connectivity index (χ2n) is 0. The van der Waals surface area contributed by atoms with Crippen LogP contribution in [-0.4, -0.2) is 16.2 Å². The van der Waals surface area contributed by atoms with E-state index in [4.69, 9.17) is 5.21 Å². The third-order valence-corrected chi connectivity index (χ3v) is 0. The van der Waals surface area contributed by atoms with Crippen molar-refractivity contribution in [2.45, 2.75) is 0 Å². The van der Waals surface area contributed by atoms with Crippen LogP contribution in [0.25, 0.3) is 0 Å². The van der Waals surface area contributed by atoms with Crippen molar-refractivity contribution in [1.29, 1.82) is 0 Å². The van der Waals surface area contributed by atoms with Gasteiger partial charge < -0.3 is 5.21 Å². The maximum atomic E-state index is 6.50. The first kappa shape index (κ1) is 21.0. The van der Waals surface area contributed by atoms with Crippen molar-refractivity contribution >= 4 is 11.0 Å². The van der Waals surface area contributed by atoms with E-state index in [2.05, 4.69) is 5.90 Å². The quantitative estimate of drug-likeness (QED) is 0.308. The summed E-state index contributed by atoms with van der Waals surface area (Å²) in [6.07, 6.45) is 0. The monoisotopic (exact) mass is 109 g/mol. The molecule has 0 atom stereocenters. The van der Waals surface area contributed by atoms with Crippen LogP contribution in [0.5, 0.6) is 0 Å². The summed E-state index contributed by atoms with van der Waals surface area (Å²) in [5.41, 5.74) is 0. The first-order valence-electron chi connectivity index (χ1n) is 0.258. The molecule has 4 heavy (non-hydrogen) atoms. The fourth-order valence-corrected chi connectivity index (χ4v) is 0. The van der Waals surface area contributed by atoms with Gasteiger partial charge in [-0.25, -0.2) is 5.90 Å². The molecule has 0 spiro atoms. The molecule has 0 heterocycles. The zero-order valence-corrected chi connectivity index (χ0v) is 4.59. The largest absolute Gasteiger partial charge is 0.320 e. The van der Waals surface area contributed by atoms with E-state index in [9.17, 15) is 0 Å². The zero-order valence-electron chi connectivity index (χ0n) is 2.02. The van der Waals surface area contributed by atoms with E-state index >= 15 is 0 Å². The summed E-state index contributed by atoms with van der Waals surface area (Å²) in [6, 6.07) is 0. The van der Waals surface area contributed by atoms with E-state index in [1.807, 2.05) is 0 Å². The van der Waals surface area contributed by atoms with Crippen LogP contribution < -0.4 is 5.90 Å². The first-order chi connectivity index (χ1) is 1.00. The minimum absolute atomic E-state index is 0. The van der Waals surface area contributed by atoms with Gasteiger partial charge in [0.15, 0.2) is 0 Å². The third-order valence-electron chi connectivity index (χ3n) is 0. The molecule has 0 aliphatic heterocycles. The van der Waals surface area contributed by atoms with Crippen LogP contribution in [0.2, 0.25) is 0 Å². The summed E-state index contributed by atoms with van der Waals surface area (Å²) >= 11 is 0. The molecule has 0 bridgehead atoms. The Balaban J connectivity index is -0.00000000500. The number of hydrogen-bond donors (Lipinski definition) is 2. The van der Waals surface area contributed by atoms with Crippen molar-refractivity contribution in [2.75, 3.05) is 0 Å². The molecule has 0 saturated heterocycles. The molecular weight excluding hydrogens is 106 g/mol. The smallest absolute Gasteiger partial charge is 0 e. The van der Waals surface area contributed by atoms with Crippen LogP contribution >= 0.6 is 0 Å². The Morgan fingerprint density at radius 3 is 1.25 bits per heavy atom. The topological polar surface area (TPSA) is 46.2 Å². The van der Waals surface area contributed by atoms with Gasteiger partial charge in [0.1, 0.15) is 0 Å². The van der Waals surface area contributed by atoms with Crippen molar-refractivity contribution in [2.24, 2.45) is 5.90 Å². The van der Waals surface area contributed by atoms with Gasteiger partial charge in [0.2, 0.25) is 0 Å². The molecule has 0 fully saturated rings. The molecule has 2 nitrogen and oxygen atoms in total. The Hall–Kier alpha value is 0.851. The van der Waals surface area contributed by atoms with Crippen molar-refractivity contribution in [3.8, 4) is 0 Å². The molecule has 0 saturated carbocycles. The summed E-state index contributed by atoms with van der Waals surface area (Å²) in [4.78, 5) is 0. The van der Waals surface area contributed by atoms with Crippen molar-refractivity contribution < 1.29 is 26.9 Å². The van der Waals surface area contributed by atoms with E-state index in [0.29, 0.717) is 0 Å². The summed E-state index contributed by atoms with van der Waals surface area (Å²) in [6.45, 7) is 0. The summed E-state index contributed by atoms with van der Waals surface area (Å²) in [7, 11) is 0. The number of nitrogens with two attached hydrogens (primary N) is 1. The SMILES string of the molecule is NO.[Si].[Ti]. The molecule has 3 N–H and O–H groups in total. The predicted octanol–water partition coefficient (Wildman–Crippen LogP) is -1.05. The number of rotatable bonds is 0. The van der Waals surface area contributed by atoms with Gasteiger partial charge in [-0.05, 0) is 0 Å². The molecule has 0 aliphatic carbocycles. The van der Waals surface area contributed by atoms with Gasteiger partial charge in [-0.2, -0.15) is 0 Å². The normalized spacial score (nSPS) is 1.50. The van der Waals surface area contributed by atoms with Crippen molar-refractivity contribution in [3.63, 3.8) is 0 Å². The summed E-state index contributed by atoms with van der Waals surface area (Å²) in [5.74, 6) is 3.50.